The molecule has 3 aromatic carbocycles. The van der Waals surface area contributed by atoms with Gasteiger partial charge in [0.05, 0.1) is 22.0 Å². The number of carbonyl (C=O) groups is 1. The second kappa shape index (κ2) is 10.8. The zero-order valence-electron chi connectivity index (χ0n) is 20.7. The second-order valence-electron chi connectivity index (χ2n) is 8.27. The standard InChI is InChI=1S/C26H18F3N3O8/c1-3-38-23-12-15(4-8-22(23)39-21-9-6-17(26(27,28)29)13-20(21)32(36)37)11-18-25(33)40-24(30-18)16-5-7-19(31(34)35)14(2)10-16/h4-13H,3H2,1-2H3/b18-11-. The Bertz CT molecular complexity index is 1600. The van der Waals surface area contributed by atoms with Crippen LogP contribution < -0.4 is 9.47 Å². The molecule has 0 N–H and O–H groups in total. The number of aliphatic imine (C=N–C) groups is 1. The lowest BCUT2D eigenvalue weighted by atomic mass is 10.1. The Kier molecular flexibility index (Phi) is 7.52. The van der Waals surface area contributed by atoms with E-state index in [9.17, 15) is 38.2 Å². The van der Waals surface area contributed by atoms with Gasteiger partial charge in [0, 0.05) is 23.3 Å². The molecule has 40 heavy (non-hydrogen) atoms. The van der Waals surface area contributed by atoms with Crippen LogP contribution in [0, 0.1) is 27.2 Å². The maximum Gasteiger partial charge on any atom is 0.416 e. The van der Waals surface area contributed by atoms with Crippen molar-refractivity contribution >= 4 is 29.3 Å². The molecule has 1 heterocycles. The lowest BCUT2D eigenvalue weighted by molar-refractivity contribution is -0.385. The van der Waals surface area contributed by atoms with Crippen LogP contribution in [0.1, 0.15) is 29.2 Å². The quantitative estimate of drug-likeness (QED) is 0.135. The Labute approximate surface area is 223 Å². The Hall–Kier alpha value is -5.27. The molecule has 3 aromatic rings. The molecule has 0 radical (unpaired) electrons. The van der Waals surface area contributed by atoms with Crippen LogP contribution in [0.2, 0.25) is 0 Å². The molecule has 0 amide bonds. The van der Waals surface area contributed by atoms with Crippen LogP contribution in [0.4, 0.5) is 24.5 Å². The van der Waals surface area contributed by atoms with Crippen LogP contribution >= 0.6 is 0 Å². The van der Waals surface area contributed by atoms with Crippen molar-refractivity contribution in [2.45, 2.75) is 20.0 Å². The first kappa shape index (κ1) is 27.8. The summed E-state index contributed by atoms with van der Waals surface area (Å²) < 4.78 is 55.4. The van der Waals surface area contributed by atoms with Gasteiger partial charge in [-0.25, -0.2) is 9.79 Å². The third-order valence-corrected chi connectivity index (χ3v) is 5.53. The van der Waals surface area contributed by atoms with Gasteiger partial charge in [0.15, 0.2) is 17.2 Å². The molecule has 0 bridgehead atoms. The van der Waals surface area contributed by atoms with Crippen LogP contribution in [-0.4, -0.2) is 28.3 Å². The first-order valence-electron chi connectivity index (χ1n) is 11.5. The van der Waals surface area contributed by atoms with Gasteiger partial charge in [-0.2, -0.15) is 13.2 Å². The van der Waals surface area contributed by atoms with Crippen LogP contribution in [0.15, 0.2) is 65.3 Å². The van der Waals surface area contributed by atoms with E-state index in [1.165, 1.54) is 49.4 Å². The Morgan fingerprint density at radius 3 is 2.27 bits per heavy atom. The predicted molar refractivity (Wildman–Crippen MR) is 134 cm³/mol. The number of hydrogen-bond acceptors (Lipinski definition) is 9. The lowest BCUT2D eigenvalue weighted by Gasteiger charge is -2.13. The summed E-state index contributed by atoms with van der Waals surface area (Å²) in [4.78, 5) is 37.5. The molecule has 1 aliphatic rings. The fourth-order valence-electron chi connectivity index (χ4n) is 3.69. The van der Waals surface area contributed by atoms with E-state index in [0.717, 1.165) is 6.07 Å². The van der Waals surface area contributed by atoms with Gasteiger partial charge in [0.25, 0.3) is 5.69 Å². The van der Waals surface area contributed by atoms with Crippen LogP contribution in [0.3, 0.4) is 0 Å². The third kappa shape index (κ3) is 5.90. The zero-order chi connectivity index (χ0) is 29.2. The molecule has 0 unspecified atom stereocenters. The number of nitro benzene ring substituents is 2. The summed E-state index contributed by atoms with van der Waals surface area (Å²) in [6, 6.07) is 10.3. The van der Waals surface area contributed by atoms with Crippen molar-refractivity contribution in [1.82, 2.24) is 0 Å². The number of alkyl halides is 3. The smallest absolute Gasteiger partial charge is 0.416 e. The maximum atomic E-state index is 13.0. The number of halogens is 3. The van der Waals surface area contributed by atoms with Gasteiger partial charge < -0.3 is 14.2 Å². The highest BCUT2D eigenvalue weighted by Crippen LogP contribution is 2.40. The van der Waals surface area contributed by atoms with Crippen molar-refractivity contribution < 1.29 is 42.0 Å². The van der Waals surface area contributed by atoms with E-state index in [2.05, 4.69) is 4.99 Å². The molecule has 4 rings (SSSR count). The predicted octanol–water partition coefficient (Wildman–Crippen LogP) is 6.37. The largest absolute Gasteiger partial charge is 0.490 e. The number of rotatable bonds is 8. The first-order chi connectivity index (χ1) is 18.9. The van der Waals surface area contributed by atoms with E-state index in [4.69, 9.17) is 14.2 Å². The molecule has 0 saturated carbocycles. The molecule has 206 valence electrons. The molecule has 0 aliphatic carbocycles. The van der Waals surface area contributed by atoms with Crippen LogP contribution in [-0.2, 0) is 15.7 Å². The number of aryl methyl sites for hydroxylation is 1. The second-order valence-corrected chi connectivity index (χ2v) is 8.27. The minimum absolute atomic E-state index is 0.0218. The highest BCUT2D eigenvalue weighted by atomic mass is 19.4. The Morgan fingerprint density at radius 1 is 0.950 bits per heavy atom. The Morgan fingerprint density at radius 2 is 1.65 bits per heavy atom. The molecule has 0 saturated heterocycles. The van der Waals surface area contributed by atoms with Gasteiger partial charge in [-0.15, -0.1) is 0 Å². The van der Waals surface area contributed by atoms with Crippen LogP contribution in [0.5, 0.6) is 17.2 Å². The van der Waals surface area contributed by atoms with E-state index < -0.39 is 39.0 Å². The van der Waals surface area contributed by atoms with Crippen molar-refractivity contribution in [2.75, 3.05) is 6.61 Å². The van der Waals surface area contributed by atoms with Crippen molar-refractivity contribution in [3.63, 3.8) is 0 Å². The van der Waals surface area contributed by atoms with E-state index in [0.29, 0.717) is 28.8 Å². The fraction of sp³-hybridized carbons (Fsp3) is 0.154. The normalized spacial score (nSPS) is 14.1. The van der Waals surface area contributed by atoms with E-state index in [1.54, 1.807) is 6.92 Å². The number of hydrogen-bond donors (Lipinski definition) is 0. The SMILES string of the molecule is CCOc1cc(/C=C2\N=C(c3ccc([N+](=O)[O-])c(C)c3)OC2=O)ccc1Oc1ccc(C(F)(F)F)cc1[N+](=O)[O-]. The molecule has 14 heteroatoms. The maximum absolute atomic E-state index is 13.0. The molecule has 11 nitrogen and oxygen atoms in total. The average molecular weight is 557 g/mol. The number of ether oxygens (including phenoxy) is 3. The topological polar surface area (TPSA) is 143 Å². The summed E-state index contributed by atoms with van der Waals surface area (Å²) in [6.45, 7) is 3.34. The number of nitro groups is 2. The van der Waals surface area contributed by atoms with E-state index >= 15 is 0 Å². The minimum atomic E-state index is -4.78. The van der Waals surface area contributed by atoms with Crippen molar-refractivity contribution in [2.24, 2.45) is 4.99 Å². The van der Waals surface area contributed by atoms with Gasteiger partial charge in [0.2, 0.25) is 11.6 Å². The number of nitrogens with zero attached hydrogens (tertiary/aromatic N) is 3. The lowest BCUT2D eigenvalue weighted by Crippen LogP contribution is -2.06. The summed E-state index contributed by atoms with van der Waals surface area (Å²) in [7, 11) is 0. The molecule has 0 spiro atoms. The van der Waals surface area contributed by atoms with Crippen molar-refractivity contribution in [3.8, 4) is 17.2 Å². The number of benzene rings is 3. The molecule has 1 aliphatic heterocycles. The molecule has 0 aromatic heterocycles. The van der Waals surface area contributed by atoms with E-state index in [1.807, 2.05) is 0 Å². The van der Waals surface area contributed by atoms with Crippen molar-refractivity contribution in [1.29, 1.82) is 0 Å². The zero-order valence-corrected chi connectivity index (χ0v) is 20.7. The fourth-order valence-corrected chi connectivity index (χ4v) is 3.69. The minimum Gasteiger partial charge on any atom is -0.490 e. The van der Waals surface area contributed by atoms with Gasteiger partial charge >= 0.3 is 17.8 Å². The summed E-state index contributed by atoms with van der Waals surface area (Å²) in [5.74, 6) is -1.19. The summed E-state index contributed by atoms with van der Waals surface area (Å²) in [6.07, 6.45) is -3.41. The number of carbonyl (C=O) groups excluding carboxylic acids is 1. The molecular formula is C26H18F3N3O8. The summed E-state index contributed by atoms with van der Waals surface area (Å²) >= 11 is 0. The van der Waals surface area contributed by atoms with Gasteiger partial charge in [-0.05, 0) is 61.9 Å². The third-order valence-electron chi connectivity index (χ3n) is 5.53. The molecule has 0 atom stereocenters. The molecular weight excluding hydrogens is 539 g/mol. The number of esters is 1. The Balaban J connectivity index is 1.65. The van der Waals surface area contributed by atoms with Crippen LogP contribution in [0.25, 0.3) is 6.08 Å². The van der Waals surface area contributed by atoms with Gasteiger partial charge in [-0.3, -0.25) is 20.2 Å². The van der Waals surface area contributed by atoms with Gasteiger partial charge in [-0.1, -0.05) is 6.07 Å². The highest BCUT2D eigenvalue weighted by Gasteiger charge is 2.33. The number of cyclic esters (lactones) is 1. The average Bonchev–Trinajstić information content (AvgIpc) is 3.24. The summed E-state index contributed by atoms with van der Waals surface area (Å²) in [5, 5.41) is 22.5. The molecule has 0 fully saturated rings. The van der Waals surface area contributed by atoms with E-state index in [-0.39, 0.29) is 35.4 Å². The monoisotopic (exact) mass is 557 g/mol. The highest BCUT2D eigenvalue weighted by molar-refractivity contribution is 6.13. The summed E-state index contributed by atoms with van der Waals surface area (Å²) in [5.41, 5.74) is -1.17. The van der Waals surface area contributed by atoms with Crippen molar-refractivity contribution in [3.05, 3.63) is 103 Å². The van der Waals surface area contributed by atoms with Gasteiger partial charge in [0.1, 0.15) is 0 Å². The first-order valence-corrected chi connectivity index (χ1v) is 11.5.